The standard InChI is InChI=1S/C17H31N3O/c1-14(2)11-18-12-17-16(5-10-21-17)13-19-6-8-20(9-7-19)15(3)4/h5,10,14-15,18H,6-9,11-13H2,1-4H3. The SMILES string of the molecule is CC(C)CNCc1occc1CN1CCN(C(C)C)CC1. The van der Waals surface area contributed by atoms with E-state index in [9.17, 15) is 0 Å². The van der Waals surface area contributed by atoms with Crippen LogP contribution < -0.4 is 5.32 Å². The first kappa shape index (κ1) is 16.5. The normalized spacial score (nSPS) is 18.0. The zero-order chi connectivity index (χ0) is 15.2. The van der Waals surface area contributed by atoms with Gasteiger partial charge in [0, 0.05) is 44.3 Å². The summed E-state index contributed by atoms with van der Waals surface area (Å²) >= 11 is 0. The summed E-state index contributed by atoms with van der Waals surface area (Å²) in [5.74, 6) is 1.77. The minimum atomic E-state index is 0.664. The van der Waals surface area contributed by atoms with Crippen molar-refractivity contribution in [2.45, 2.75) is 46.8 Å². The summed E-state index contributed by atoms with van der Waals surface area (Å²) in [6.07, 6.45) is 1.83. The molecule has 1 aliphatic rings. The van der Waals surface area contributed by atoms with E-state index in [0.717, 1.165) is 38.5 Å². The van der Waals surface area contributed by atoms with Crippen LogP contribution in [-0.2, 0) is 13.1 Å². The summed E-state index contributed by atoms with van der Waals surface area (Å²) in [6, 6.07) is 2.79. The Morgan fingerprint density at radius 2 is 1.86 bits per heavy atom. The molecule has 1 saturated heterocycles. The fourth-order valence-corrected chi connectivity index (χ4v) is 2.82. The molecule has 2 heterocycles. The van der Waals surface area contributed by atoms with Gasteiger partial charge in [0.2, 0.25) is 0 Å². The van der Waals surface area contributed by atoms with Crippen LogP contribution in [0.1, 0.15) is 39.0 Å². The van der Waals surface area contributed by atoms with Gasteiger partial charge in [0.05, 0.1) is 12.8 Å². The highest BCUT2D eigenvalue weighted by atomic mass is 16.3. The van der Waals surface area contributed by atoms with Crippen LogP contribution in [0.5, 0.6) is 0 Å². The lowest BCUT2D eigenvalue weighted by molar-refractivity contribution is 0.103. The average molecular weight is 293 g/mol. The van der Waals surface area contributed by atoms with Gasteiger partial charge in [-0.15, -0.1) is 0 Å². The largest absolute Gasteiger partial charge is 0.468 e. The van der Waals surface area contributed by atoms with Gasteiger partial charge in [0.15, 0.2) is 0 Å². The molecule has 21 heavy (non-hydrogen) atoms. The Morgan fingerprint density at radius 1 is 1.14 bits per heavy atom. The number of piperazine rings is 1. The van der Waals surface area contributed by atoms with E-state index < -0.39 is 0 Å². The van der Waals surface area contributed by atoms with Gasteiger partial charge in [-0.3, -0.25) is 9.80 Å². The zero-order valence-corrected chi connectivity index (χ0v) is 14.1. The quantitative estimate of drug-likeness (QED) is 0.837. The van der Waals surface area contributed by atoms with E-state index in [1.54, 1.807) is 0 Å². The Balaban J connectivity index is 1.80. The first-order valence-electron chi connectivity index (χ1n) is 8.28. The summed E-state index contributed by atoms with van der Waals surface area (Å²) in [5.41, 5.74) is 1.34. The van der Waals surface area contributed by atoms with Crippen LogP contribution in [0.4, 0.5) is 0 Å². The number of nitrogens with one attached hydrogen (secondary N) is 1. The Hall–Kier alpha value is -0.840. The van der Waals surface area contributed by atoms with Gasteiger partial charge in [-0.25, -0.2) is 0 Å². The Kier molecular flexibility index (Phi) is 6.27. The molecule has 4 heteroatoms. The second-order valence-electron chi connectivity index (χ2n) is 6.80. The molecule has 4 nitrogen and oxygen atoms in total. The van der Waals surface area contributed by atoms with Gasteiger partial charge in [0.1, 0.15) is 5.76 Å². The van der Waals surface area contributed by atoms with Crippen molar-refractivity contribution in [1.82, 2.24) is 15.1 Å². The topological polar surface area (TPSA) is 31.7 Å². The van der Waals surface area contributed by atoms with Crippen molar-refractivity contribution in [1.29, 1.82) is 0 Å². The first-order chi connectivity index (χ1) is 10.1. The Labute approximate surface area is 129 Å². The summed E-state index contributed by atoms with van der Waals surface area (Å²) < 4.78 is 5.65. The Bertz CT molecular complexity index is 406. The predicted octanol–water partition coefficient (Wildman–Crippen LogP) is 2.55. The van der Waals surface area contributed by atoms with E-state index in [4.69, 9.17) is 4.42 Å². The maximum atomic E-state index is 5.65. The molecule has 0 spiro atoms. The van der Waals surface area contributed by atoms with E-state index in [-0.39, 0.29) is 0 Å². The second kappa shape index (κ2) is 7.97. The molecule has 0 atom stereocenters. The lowest BCUT2D eigenvalue weighted by atomic mass is 10.2. The molecule has 0 unspecified atom stereocenters. The average Bonchev–Trinajstić information content (AvgIpc) is 2.86. The van der Waals surface area contributed by atoms with Gasteiger partial charge in [-0.1, -0.05) is 13.8 Å². The van der Waals surface area contributed by atoms with Crippen LogP contribution in [0.3, 0.4) is 0 Å². The van der Waals surface area contributed by atoms with Crippen LogP contribution in [0.2, 0.25) is 0 Å². The van der Waals surface area contributed by atoms with Crippen molar-refractivity contribution in [3.8, 4) is 0 Å². The fraction of sp³-hybridized carbons (Fsp3) is 0.765. The van der Waals surface area contributed by atoms with E-state index in [1.807, 2.05) is 6.26 Å². The summed E-state index contributed by atoms with van der Waals surface area (Å²) in [6.45, 7) is 16.6. The van der Waals surface area contributed by atoms with Crippen LogP contribution in [0, 0.1) is 5.92 Å². The van der Waals surface area contributed by atoms with Crippen LogP contribution in [-0.4, -0.2) is 48.6 Å². The predicted molar refractivity (Wildman–Crippen MR) is 87.2 cm³/mol. The minimum absolute atomic E-state index is 0.664. The lowest BCUT2D eigenvalue weighted by Gasteiger charge is -2.36. The molecule has 0 saturated carbocycles. The van der Waals surface area contributed by atoms with Crippen molar-refractivity contribution in [2.24, 2.45) is 5.92 Å². The molecule has 1 aromatic rings. The molecule has 1 aromatic heterocycles. The number of hydrogen-bond acceptors (Lipinski definition) is 4. The monoisotopic (exact) mass is 293 g/mol. The first-order valence-corrected chi connectivity index (χ1v) is 8.28. The molecule has 1 N–H and O–H groups in total. The van der Waals surface area contributed by atoms with E-state index >= 15 is 0 Å². The van der Waals surface area contributed by atoms with Gasteiger partial charge >= 0.3 is 0 Å². The molecule has 0 radical (unpaired) electrons. The van der Waals surface area contributed by atoms with Crippen LogP contribution in [0.15, 0.2) is 16.7 Å². The molecular formula is C17H31N3O. The maximum absolute atomic E-state index is 5.65. The summed E-state index contributed by atoms with van der Waals surface area (Å²) in [5, 5.41) is 3.47. The van der Waals surface area contributed by atoms with Gasteiger partial charge in [-0.05, 0) is 32.4 Å². The van der Waals surface area contributed by atoms with Crippen molar-refractivity contribution >= 4 is 0 Å². The van der Waals surface area contributed by atoms with Crippen molar-refractivity contribution in [3.63, 3.8) is 0 Å². The zero-order valence-electron chi connectivity index (χ0n) is 14.1. The molecule has 0 aromatic carbocycles. The fourth-order valence-electron chi connectivity index (χ4n) is 2.82. The second-order valence-corrected chi connectivity index (χ2v) is 6.80. The number of hydrogen-bond donors (Lipinski definition) is 1. The highest BCUT2D eigenvalue weighted by Gasteiger charge is 2.20. The van der Waals surface area contributed by atoms with Gasteiger partial charge < -0.3 is 9.73 Å². The van der Waals surface area contributed by atoms with Crippen molar-refractivity contribution in [3.05, 3.63) is 23.7 Å². The smallest absolute Gasteiger partial charge is 0.122 e. The third kappa shape index (κ3) is 5.13. The molecular weight excluding hydrogens is 262 g/mol. The number of nitrogens with zero attached hydrogens (tertiary/aromatic N) is 2. The molecule has 1 aliphatic heterocycles. The highest BCUT2D eigenvalue weighted by molar-refractivity contribution is 5.17. The Morgan fingerprint density at radius 3 is 2.48 bits per heavy atom. The van der Waals surface area contributed by atoms with E-state index in [0.29, 0.717) is 12.0 Å². The summed E-state index contributed by atoms with van der Waals surface area (Å²) in [7, 11) is 0. The van der Waals surface area contributed by atoms with Crippen molar-refractivity contribution < 1.29 is 4.42 Å². The van der Waals surface area contributed by atoms with Crippen molar-refractivity contribution in [2.75, 3.05) is 32.7 Å². The van der Waals surface area contributed by atoms with Crippen LogP contribution >= 0.6 is 0 Å². The molecule has 0 aliphatic carbocycles. The molecule has 0 amide bonds. The molecule has 1 fully saturated rings. The van der Waals surface area contributed by atoms with E-state index in [2.05, 4.69) is 48.9 Å². The highest BCUT2D eigenvalue weighted by Crippen LogP contribution is 2.15. The number of rotatable bonds is 7. The molecule has 2 rings (SSSR count). The van der Waals surface area contributed by atoms with Crippen LogP contribution in [0.25, 0.3) is 0 Å². The van der Waals surface area contributed by atoms with Gasteiger partial charge in [-0.2, -0.15) is 0 Å². The molecule has 0 bridgehead atoms. The maximum Gasteiger partial charge on any atom is 0.122 e. The molecule has 120 valence electrons. The third-order valence-corrected chi connectivity index (χ3v) is 4.21. The number of furan rings is 1. The summed E-state index contributed by atoms with van der Waals surface area (Å²) in [4.78, 5) is 5.09. The van der Waals surface area contributed by atoms with Gasteiger partial charge in [0.25, 0.3) is 0 Å². The third-order valence-electron chi connectivity index (χ3n) is 4.21. The minimum Gasteiger partial charge on any atom is -0.468 e. The van der Waals surface area contributed by atoms with E-state index in [1.165, 1.54) is 18.7 Å². The lowest BCUT2D eigenvalue weighted by Crippen LogP contribution is -2.48.